The van der Waals surface area contributed by atoms with Gasteiger partial charge in [-0.1, -0.05) is 0 Å². The monoisotopic (exact) mass is 186 g/mol. The summed E-state index contributed by atoms with van der Waals surface area (Å²) < 4.78 is 12.8. The van der Waals surface area contributed by atoms with Crippen LogP contribution in [0.1, 0.15) is 25.7 Å². The van der Waals surface area contributed by atoms with Gasteiger partial charge in [-0.2, -0.15) is 0 Å². The third-order valence-electron chi connectivity index (χ3n) is 3.82. The van der Waals surface area contributed by atoms with E-state index in [9.17, 15) is 4.48 Å². The first-order chi connectivity index (χ1) is 6.20. The van der Waals surface area contributed by atoms with Gasteiger partial charge in [0.05, 0.1) is 0 Å². The minimum Gasteiger partial charge on any atom is -0.306 e. The second-order valence-electron chi connectivity index (χ2n) is 4.71. The van der Waals surface area contributed by atoms with Crippen LogP contribution in [0.25, 0.3) is 0 Å². The number of hydrogen-bond donors (Lipinski definition) is 0. The van der Waals surface area contributed by atoms with Crippen molar-refractivity contribution in [1.29, 1.82) is 0 Å². The molecule has 0 aromatic carbocycles. The first-order valence-electron chi connectivity index (χ1n) is 5.30. The Kier molecular flexibility index (Phi) is 2.56. The molecule has 2 heterocycles. The van der Waals surface area contributed by atoms with Crippen molar-refractivity contribution in [2.75, 3.05) is 33.2 Å². The van der Waals surface area contributed by atoms with Gasteiger partial charge in [-0.15, -0.1) is 9.60 Å². The summed E-state index contributed by atoms with van der Waals surface area (Å²) >= 11 is 0. The van der Waals surface area contributed by atoms with E-state index in [0.29, 0.717) is 18.5 Å². The molecule has 0 aromatic rings. The van der Waals surface area contributed by atoms with Crippen LogP contribution in [0, 0.1) is 5.41 Å². The van der Waals surface area contributed by atoms with Crippen LogP contribution in [-0.4, -0.2) is 43.2 Å². The summed E-state index contributed by atoms with van der Waals surface area (Å²) in [6, 6.07) is 0. The van der Waals surface area contributed by atoms with Crippen LogP contribution in [0.2, 0.25) is 0 Å². The van der Waals surface area contributed by atoms with Crippen molar-refractivity contribution in [1.82, 2.24) is 10.0 Å². The largest absolute Gasteiger partial charge is 0.306 e. The Labute approximate surface area is 79.6 Å². The molecular weight excluding hydrogens is 167 g/mol. The standard InChI is InChI=1S/C10H19FN2/c1-12-6-2-10(3-7-12)4-8-13(11)9-5-10/h2-9H2,1H3. The van der Waals surface area contributed by atoms with E-state index in [1.807, 2.05) is 0 Å². The molecule has 0 atom stereocenters. The van der Waals surface area contributed by atoms with Crippen molar-refractivity contribution >= 4 is 0 Å². The second kappa shape index (κ2) is 3.54. The molecule has 0 N–H and O–H groups in total. The van der Waals surface area contributed by atoms with Gasteiger partial charge in [0, 0.05) is 13.1 Å². The number of likely N-dealkylation sites (tertiary alicyclic amines) is 1. The number of hydrogen-bond acceptors (Lipinski definition) is 2. The van der Waals surface area contributed by atoms with E-state index in [1.54, 1.807) is 0 Å². The van der Waals surface area contributed by atoms with E-state index in [0.717, 1.165) is 18.0 Å². The Bertz CT molecular complexity index is 144. The Hall–Kier alpha value is -0.150. The lowest BCUT2D eigenvalue weighted by Gasteiger charge is -2.44. The Morgan fingerprint density at radius 2 is 1.38 bits per heavy atom. The number of piperidine rings is 2. The minimum absolute atomic E-state index is 0.495. The molecule has 0 unspecified atom stereocenters. The quantitative estimate of drug-likeness (QED) is 0.531. The topological polar surface area (TPSA) is 6.48 Å². The van der Waals surface area contributed by atoms with Crippen molar-refractivity contribution in [2.45, 2.75) is 25.7 Å². The lowest BCUT2D eigenvalue weighted by molar-refractivity contribution is -0.0519. The van der Waals surface area contributed by atoms with Gasteiger partial charge in [-0.25, -0.2) is 0 Å². The van der Waals surface area contributed by atoms with Crippen LogP contribution in [-0.2, 0) is 0 Å². The summed E-state index contributed by atoms with van der Waals surface area (Å²) in [5, 5.41) is 0.976. The van der Waals surface area contributed by atoms with E-state index in [4.69, 9.17) is 0 Å². The molecule has 0 aliphatic carbocycles. The highest BCUT2D eigenvalue weighted by Gasteiger charge is 2.36. The average molecular weight is 186 g/mol. The first kappa shape index (κ1) is 9.41. The van der Waals surface area contributed by atoms with Crippen molar-refractivity contribution in [2.24, 2.45) is 5.41 Å². The van der Waals surface area contributed by atoms with Gasteiger partial charge >= 0.3 is 0 Å². The van der Waals surface area contributed by atoms with Gasteiger partial charge in [-0.05, 0) is 51.2 Å². The molecule has 1 spiro atoms. The summed E-state index contributed by atoms with van der Waals surface area (Å²) in [5.41, 5.74) is 0.495. The smallest absolute Gasteiger partial charge is 0.0295 e. The Morgan fingerprint density at radius 1 is 0.923 bits per heavy atom. The molecule has 2 nitrogen and oxygen atoms in total. The average Bonchev–Trinajstić information content (AvgIpc) is 2.16. The SMILES string of the molecule is CN1CCC2(CC1)CCN(F)CC2. The van der Waals surface area contributed by atoms with Crippen LogP contribution >= 0.6 is 0 Å². The van der Waals surface area contributed by atoms with Gasteiger partial charge < -0.3 is 4.90 Å². The van der Waals surface area contributed by atoms with Crippen LogP contribution in [0.3, 0.4) is 0 Å². The maximum atomic E-state index is 12.8. The highest BCUT2D eigenvalue weighted by molar-refractivity contribution is 4.88. The van der Waals surface area contributed by atoms with Crippen molar-refractivity contribution < 1.29 is 4.48 Å². The van der Waals surface area contributed by atoms with Gasteiger partial charge in [0.15, 0.2) is 0 Å². The normalized spacial score (nSPS) is 30.9. The molecule has 3 heteroatoms. The highest BCUT2D eigenvalue weighted by atomic mass is 19.2. The maximum absolute atomic E-state index is 12.8. The molecule has 13 heavy (non-hydrogen) atoms. The predicted octanol–water partition coefficient (Wildman–Crippen LogP) is 1.68. The molecule has 2 aliphatic heterocycles. The van der Waals surface area contributed by atoms with E-state index in [-0.39, 0.29) is 0 Å². The summed E-state index contributed by atoms with van der Waals surface area (Å²) in [5.74, 6) is 0. The van der Waals surface area contributed by atoms with Gasteiger partial charge in [0.25, 0.3) is 0 Å². The van der Waals surface area contributed by atoms with E-state index in [1.165, 1.54) is 25.9 Å². The zero-order valence-electron chi connectivity index (χ0n) is 8.43. The van der Waals surface area contributed by atoms with E-state index < -0.39 is 0 Å². The second-order valence-corrected chi connectivity index (χ2v) is 4.71. The van der Waals surface area contributed by atoms with Crippen molar-refractivity contribution in [3.05, 3.63) is 0 Å². The molecule has 0 aromatic heterocycles. The van der Waals surface area contributed by atoms with Gasteiger partial charge in [-0.3, -0.25) is 0 Å². The number of rotatable bonds is 0. The molecule has 2 fully saturated rings. The molecule has 0 bridgehead atoms. The molecule has 2 rings (SSSR count). The molecule has 0 saturated carbocycles. The summed E-state index contributed by atoms with van der Waals surface area (Å²) in [4.78, 5) is 2.38. The van der Waals surface area contributed by atoms with Gasteiger partial charge in [0.2, 0.25) is 0 Å². The lowest BCUT2D eigenvalue weighted by atomic mass is 9.72. The van der Waals surface area contributed by atoms with Gasteiger partial charge in [0.1, 0.15) is 0 Å². The fraction of sp³-hybridized carbons (Fsp3) is 1.00. The summed E-state index contributed by atoms with van der Waals surface area (Å²) in [6.45, 7) is 3.71. The third kappa shape index (κ3) is 2.02. The highest BCUT2D eigenvalue weighted by Crippen LogP contribution is 2.40. The summed E-state index contributed by atoms with van der Waals surface area (Å²) in [7, 11) is 2.18. The minimum atomic E-state index is 0.495. The fourth-order valence-corrected chi connectivity index (χ4v) is 2.55. The number of halogens is 1. The Balaban J connectivity index is 1.90. The van der Waals surface area contributed by atoms with Crippen LogP contribution in [0.5, 0.6) is 0 Å². The first-order valence-corrected chi connectivity index (χ1v) is 5.30. The summed E-state index contributed by atoms with van der Waals surface area (Å²) in [6.07, 6.45) is 4.68. The van der Waals surface area contributed by atoms with Crippen LogP contribution in [0.15, 0.2) is 0 Å². The molecule has 76 valence electrons. The Morgan fingerprint density at radius 3 is 1.92 bits per heavy atom. The van der Waals surface area contributed by atoms with Crippen LogP contribution in [0.4, 0.5) is 4.48 Å². The lowest BCUT2D eigenvalue weighted by Crippen LogP contribution is -2.43. The molecule has 0 radical (unpaired) electrons. The molecule has 2 aliphatic rings. The predicted molar refractivity (Wildman–Crippen MR) is 51.1 cm³/mol. The van der Waals surface area contributed by atoms with Crippen molar-refractivity contribution in [3.8, 4) is 0 Å². The molecular formula is C10H19FN2. The van der Waals surface area contributed by atoms with Crippen LogP contribution < -0.4 is 0 Å². The third-order valence-corrected chi connectivity index (χ3v) is 3.82. The zero-order chi connectivity index (χ0) is 9.31. The van der Waals surface area contributed by atoms with Crippen molar-refractivity contribution in [3.63, 3.8) is 0 Å². The van der Waals surface area contributed by atoms with E-state index in [2.05, 4.69) is 11.9 Å². The maximum Gasteiger partial charge on any atom is 0.0295 e. The fourth-order valence-electron chi connectivity index (χ4n) is 2.55. The molecule has 2 saturated heterocycles. The number of nitrogens with zero attached hydrogens (tertiary/aromatic N) is 2. The molecule has 0 amide bonds. The zero-order valence-corrected chi connectivity index (χ0v) is 8.43. The van der Waals surface area contributed by atoms with E-state index >= 15 is 0 Å².